The highest BCUT2D eigenvalue weighted by molar-refractivity contribution is 5.99. The number of para-hydroxylation sites is 1. The van der Waals surface area contributed by atoms with Crippen LogP contribution in [0.2, 0.25) is 0 Å². The molecule has 4 aromatic rings. The largest absolute Gasteiger partial charge is 0.494 e. The van der Waals surface area contributed by atoms with Crippen LogP contribution in [0.3, 0.4) is 0 Å². The molecule has 41 heavy (non-hydrogen) atoms. The minimum Gasteiger partial charge on any atom is -0.494 e. The van der Waals surface area contributed by atoms with E-state index < -0.39 is 11.7 Å². The molecule has 1 N–H and O–H groups in total. The van der Waals surface area contributed by atoms with Crippen molar-refractivity contribution >= 4 is 16.9 Å². The molecule has 216 valence electrons. The first kappa shape index (κ1) is 28.7. The fourth-order valence-electron chi connectivity index (χ4n) is 5.77. The number of hydrogen-bond donors (Lipinski definition) is 1. The minimum atomic E-state index is -4.40. The predicted molar refractivity (Wildman–Crippen MR) is 154 cm³/mol. The average Bonchev–Trinajstić information content (AvgIpc) is 3.32. The first-order chi connectivity index (χ1) is 19.7. The van der Waals surface area contributed by atoms with E-state index >= 15 is 0 Å². The highest BCUT2D eigenvalue weighted by Gasteiger charge is 2.33. The van der Waals surface area contributed by atoms with Crippen LogP contribution in [0, 0.1) is 6.92 Å². The van der Waals surface area contributed by atoms with Crippen LogP contribution in [0.4, 0.5) is 13.2 Å². The van der Waals surface area contributed by atoms with Gasteiger partial charge in [0.25, 0.3) is 5.91 Å². The maximum atomic E-state index is 14.2. The van der Waals surface area contributed by atoms with E-state index in [1.54, 1.807) is 0 Å². The Kier molecular flexibility index (Phi) is 8.40. The molecule has 1 saturated carbocycles. The predicted octanol–water partition coefficient (Wildman–Crippen LogP) is 8.00. The molecule has 0 unspecified atom stereocenters. The summed E-state index contributed by atoms with van der Waals surface area (Å²) in [6, 6.07) is 18.8. The van der Waals surface area contributed by atoms with Gasteiger partial charge in [0.15, 0.2) is 5.76 Å². The molecule has 1 heterocycles. The number of halogens is 3. The van der Waals surface area contributed by atoms with Gasteiger partial charge in [-0.25, -0.2) is 0 Å². The SMILES string of the molecule is CCOc1ccc(-c2ccc(C(F)(F)F)cc2)cc1CN(C(=O)c1oc2ccccc2c1C)[C@H]1CC[C@@H](NC)CC1. The summed E-state index contributed by atoms with van der Waals surface area (Å²) < 4.78 is 51.5. The Labute approximate surface area is 238 Å². The summed E-state index contributed by atoms with van der Waals surface area (Å²) in [5, 5.41) is 4.26. The van der Waals surface area contributed by atoms with Gasteiger partial charge in [-0.2, -0.15) is 13.2 Å². The summed E-state index contributed by atoms with van der Waals surface area (Å²) in [7, 11) is 1.97. The molecule has 5 nitrogen and oxygen atoms in total. The maximum Gasteiger partial charge on any atom is 0.416 e. The first-order valence-electron chi connectivity index (χ1n) is 14.1. The van der Waals surface area contributed by atoms with Gasteiger partial charge in [-0.15, -0.1) is 0 Å². The van der Waals surface area contributed by atoms with Crippen LogP contribution in [-0.2, 0) is 12.7 Å². The van der Waals surface area contributed by atoms with Crippen molar-refractivity contribution in [1.29, 1.82) is 0 Å². The second-order valence-electron chi connectivity index (χ2n) is 10.6. The monoisotopic (exact) mass is 564 g/mol. The van der Waals surface area contributed by atoms with Crippen molar-refractivity contribution in [3.63, 3.8) is 0 Å². The highest BCUT2D eigenvalue weighted by Crippen LogP contribution is 2.35. The molecule has 0 bridgehead atoms. The third kappa shape index (κ3) is 6.12. The number of rotatable bonds is 8. The molecular weight excluding hydrogens is 529 g/mol. The van der Waals surface area contributed by atoms with E-state index in [4.69, 9.17) is 9.15 Å². The second kappa shape index (κ2) is 12.0. The standard InChI is InChI=1S/C33H35F3N2O3/c1-4-40-29-18-11-23(22-9-12-25(13-10-22)33(34,35)36)19-24(29)20-38(27-16-14-26(37-3)15-17-27)32(39)31-21(2)28-7-5-6-8-30(28)41-31/h5-13,18-19,26-27,37H,4,14-17,20H2,1-3H3/t26-,27+. The first-order valence-corrected chi connectivity index (χ1v) is 14.1. The van der Waals surface area contributed by atoms with Gasteiger partial charge in [0.2, 0.25) is 0 Å². The third-order valence-corrected chi connectivity index (χ3v) is 8.09. The van der Waals surface area contributed by atoms with Crippen molar-refractivity contribution in [3.8, 4) is 16.9 Å². The smallest absolute Gasteiger partial charge is 0.416 e. The van der Waals surface area contributed by atoms with Gasteiger partial charge < -0.3 is 19.4 Å². The Morgan fingerprint density at radius 3 is 2.32 bits per heavy atom. The summed E-state index contributed by atoms with van der Waals surface area (Å²) in [5.41, 5.74) is 2.99. The maximum absolute atomic E-state index is 14.2. The molecule has 0 aliphatic heterocycles. The number of carbonyl (C=O) groups excluding carboxylic acids is 1. The van der Waals surface area contributed by atoms with Gasteiger partial charge in [0.1, 0.15) is 11.3 Å². The van der Waals surface area contributed by atoms with Crippen LogP contribution in [0.15, 0.2) is 71.1 Å². The number of alkyl halides is 3. The molecule has 5 rings (SSSR count). The summed E-state index contributed by atoms with van der Waals surface area (Å²) in [6.07, 6.45) is -0.801. The molecule has 1 amide bonds. The topological polar surface area (TPSA) is 54.7 Å². The summed E-state index contributed by atoms with van der Waals surface area (Å²) in [4.78, 5) is 16.1. The zero-order chi connectivity index (χ0) is 29.1. The fourth-order valence-corrected chi connectivity index (χ4v) is 5.77. The number of nitrogens with one attached hydrogen (secondary N) is 1. The van der Waals surface area contributed by atoms with Crippen LogP contribution < -0.4 is 10.1 Å². The van der Waals surface area contributed by atoms with Crippen molar-refractivity contribution in [2.75, 3.05) is 13.7 Å². The zero-order valence-electron chi connectivity index (χ0n) is 23.6. The third-order valence-electron chi connectivity index (χ3n) is 8.09. The number of furan rings is 1. The van der Waals surface area contributed by atoms with Crippen molar-refractivity contribution < 1.29 is 27.1 Å². The molecule has 0 spiro atoms. The van der Waals surface area contributed by atoms with Crippen molar-refractivity contribution in [1.82, 2.24) is 10.2 Å². The number of nitrogens with zero attached hydrogens (tertiary/aromatic N) is 1. The number of benzene rings is 3. The lowest BCUT2D eigenvalue weighted by Crippen LogP contribution is -2.44. The van der Waals surface area contributed by atoms with E-state index in [1.807, 2.05) is 68.3 Å². The molecule has 1 aromatic heterocycles. The van der Waals surface area contributed by atoms with Crippen molar-refractivity contribution in [2.24, 2.45) is 0 Å². The molecule has 1 aliphatic carbocycles. The van der Waals surface area contributed by atoms with E-state index in [2.05, 4.69) is 5.32 Å². The lowest BCUT2D eigenvalue weighted by Gasteiger charge is -2.37. The molecular formula is C33H35F3N2O3. The van der Waals surface area contributed by atoms with Crippen molar-refractivity contribution in [3.05, 3.63) is 89.2 Å². The van der Waals surface area contributed by atoms with E-state index in [0.717, 1.165) is 59.9 Å². The van der Waals surface area contributed by atoms with E-state index in [1.165, 1.54) is 12.1 Å². The Morgan fingerprint density at radius 1 is 1.00 bits per heavy atom. The average molecular weight is 565 g/mol. The van der Waals surface area contributed by atoms with Crippen LogP contribution in [0.5, 0.6) is 5.75 Å². The molecule has 0 radical (unpaired) electrons. The van der Waals surface area contributed by atoms with Crippen LogP contribution in [-0.4, -0.2) is 36.5 Å². The molecule has 3 aromatic carbocycles. The van der Waals surface area contributed by atoms with Gasteiger partial charge >= 0.3 is 6.18 Å². The van der Waals surface area contributed by atoms with Crippen LogP contribution in [0.1, 0.15) is 59.9 Å². The lowest BCUT2D eigenvalue weighted by molar-refractivity contribution is -0.137. The van der Waals surface area contributed by atoms with E-state index in [-0.39, 0.29) is 18.5 Å². The Morgan fingerprint density at radius 2 is 1.68 bits per heavy atom. The van der Waals surface area contributed by atoms with E-state index in [9.17, 15) is 18.0 Å². The molecule has 1 fully saturated rings. The summed E-state index contributed by atoms with van der Waals surface area (Å²) >= 11 is 0. The second-order valence-corrected chi connectivity index (χ2v) is 10.6. The van der Waals surface area contributed by atoms with Crippen LogP contribution in [0.25, 0.3) is 22.1 Å². The van der Waals surface area contributed by atoms with Gasteiger partial charge in [-0.3, -0.25) is 4.79 Å². The number of amides is 1. The molecule has 0 saturated heterocycles. The van der Waals surface area contributed by atoms with Gasteiger partial charge in [0.05, 0.1) is 18.7 Å². The number of ether oxygens (including phenoxy) is 1. The van der Waals surface area contributed by atoms with Gasteiger partial charge in [-0.1, -0.05) is 36.4 Å². The lowest BCUT2D eigenvalue weighted by atomic mass is 9.89. The molecule has 8 heteroatoms. The number of fused-ring (bicyclic) bond motifs is 1. The number of aryl methyl sites for hydroxylation is 1. The number of carbonyl (C=O) groups is 1. The quantitative estimate of drug-likeness (QED) is 0.236. The Hall–Kier alpha value is -3.78. The molecule has 1 aliphatic rings. The normalized spacial score (nSPS) is 17.5. The Bertz CT molecular complexity index is 1500. The highest BCUT2D eigenvalue weighted by atomic mass is 19.4. The van der Waals surface area contributed by atoms with Crippen LogP contribution >= 0.6 is 0 Å². The fraction of sp³-hybridized carbons (Fsp3) is 0.364. The van der Waals surface area contributed by atoms with Gasteiger partial charge in [-0.05, 0) is 88.0 Å². The minimum absolute atomic E-state index is 0.00362. The number of hydrogen-bond acceptors (Lipinski definition) is 4. The van der Waals surface area contributed by atoms with Crippen molar-refractivity contribution in [2.45, 2.75) is 64.3 Å². The zero-order valence-corrected chi connectivity index (χ0v) is 23.6. The Balaban J connectivity index is 1.52. The van der Waals surface area contributed by atoms with Gasteiger partial charge in [0, 0.05) is 28.6 Å². The summed E-state index contributed by atoms with van der Waals surface area (Å²) in [5.74, 6) is 0.805. The molecule has 0 atom stereocenters. The van der Waals surface area contributed by atoms with E-state index in [0.29, 0.717) is 35.3 Å². The summed E-state index contributed by atoms with van der Waals surface area (Å²) in [6.45, 7) is 4.53.